The molecule has 2 aromatic heterocycles. The predicted octanol–water partition coefficient (Wildman–Crippen LogP) is 4.01. The van der Waals surface area contributed by atoms with Gasteiger partial charge in [0.05, 0.1) is 24.2 Å². The minimum absolute atomic E-state index is 0.120. The minimum atomic E-state index is -0.393. The summed E-state index contributed by atoms with van der Waals surface area (Å²) in [6.07, 6.45) is 4.14. The van der Waals surface area contributed by atoms with E-state index in [-0.39, 0.29) is 11.4 Å². The molecular formula is C23H23FN6O2. The standard InChI is InChI=1S/C23H23FN6O2/c1-23(2)13-32-20-16(23)10-14(11-17(20)24)18-6-8-25-21(28-18)29-19-5-4-15(12-27-19)30-9-3-7-26-22(30)31/h4-6,8,10-12H,3,7,9,13H2,1-2H3,(H,26,31)(H,25,27,28,29). The van der Waals surface area contributed by atoms with Crippen molar-refractivity contribution in [1.82, 2.24) is 20.3 Å². The van der Waals surface area contributed by atoms with E-state index in [9.17, 15) is 9.18 Å². The van der Waals surface area contributed by atoms with E-state index in [2.05, 4.69) is 25.6 Å². The van der Waals surface area contributed by atoms with Crippen molar-refractivity contribution < 1.29 is 13.9 Å². The van der Waals surface area contributed by atoms with E-state index in [1.54, 1.807) is 29.4 Å². The molecule has 0 bridgehead atoms. The lowest BCUT2D eigenvalue weighted by Crippen LogP contribution is -2.46. The minimum Gasteiger partial charge on any atom is -0.489 e. The van der Waals surface area contributed by atoms with Crippen LogP contribution in [0.3, 0.4) is 0 Å². The molecule has 32 heavy (non-hydrogen) atoms. The number of aromatic nitrogens is 3. The summed E-state index contributed by atoms with van der Waals surface area (Å²) in [5, 5.41) is 5.89. The number of hydrogen-bond donors (Lipinski definition) is 2. The maximum absolute atomic E-state index is 14.6. The van der Waals surface area contributed by atoms with Crippen LogP contribution >= 0.6 is 0 Å². The van der Waals surface area contributed by atoms with Gasteiger partial charge in [0.1, 0.15) is 5.82 Å². The first-order valence-electron chi connectivity index (χ1n) is 10.5. The molecule has 3 aromatic rings. The molecule has 1 aromatic carbocycles. The summed E-state index contributed by atoms with van der Waals surface area (Å²) < 4.78 is 20.2. The third kappa shape index (κ3) is 3.70. The van der Waals surface area contributed by atoms with Crippen LogP contribution < -0.4 is 20.3 Å². The Kier molecular flexibility index (Phi) is 4.88. The Morgan fingerprint density at radius 2 is 2.09 bits per heavy atom. The average molecular weight is 434 g/mol. The van der Waals surface area contributed by atoms with E-state index in [4.69, 9.17) is 4.74 Å². The van der Waals surface area contributed by atoms with Crippen LogP contribution in [0.1, 0.15) is 25.8 Å². The Bertz CT molecular complexity index is 1180. The first-order valence-corrected chi connectivity index (χ1v) is 10.5. The zero-order valence-corrected chi connectivity index (χ0v) is 17.9. The monoisotopic (exact) mass is 434 g/mol. The van der Waals surface area contributed by atoms with Crippen molar-refractivity contribution >= 4 is 23.5 Å². The van der Waals surface area contributed by atoms with Gasteiger partial charge in [-0.05, 0) is 36.8 Å². The summed E-state index contributed by atoms with van der Waals surface area (Å²) in [6.45, 7) is 5.84. The van der Waals surface area contributed by atoms with Gasteiger partial charge < -0.3 is 15.4 Å². The Balaban J connectivity index is 1.37. The highest BCUT2D eigenvalue weighted by Crippen LogP contribution is 2.42. The second-order valence-corrected chi connectivity index (χ2v) is 8.54. The number of urea groups is 1. The van der Waals surface area contributed by atoms with Crippen LogP contribution in [0.25, 0.3) is 11.3 Å². The molecule has 0 unspecified atom stereocenters. The molecule has 5 rings (SSSR count). The molecular weight excluding hydrogens is 411 g/mol. The zero-order valence-electron chi connectivity index (χ0n) is 17.9. The molecule has 0 radical (unpaired) electrons. The highest BCUT2D eigenvalue weighted by molar-refractivity contribution is 5.92. The molecule has 0 aliphatic carbocycles. The van der Waals surface area contributed by atoms with E-state index >= 15 is 0 Å². The highest BCUT2D eigenvalue weighted by atomic mass is 19.1. The van der Waals surface area contributed by atoms with Gasteiger partial charge in [0.25, 0.3) is 0 Å². The maximum atomic E-state index is 14.6. The van der Waals surface area contributed by atoms with Gasteiger partial charge in [0.15, 0.2) is 11.6 Å². The van der Waals surface area contributed by atoms with Crippen molar-refractivity contribution in [3.8, 4) is 17.0 Å². The number of halogens is 1. The number of pyridine rings is 1. The smallest absolute Gasteiger partial charge is 0.321 e. The number of fused-ring (bicyclic) bond motifs is 1. The van der Waals surface area contributed by atoms with Crippen LogP contribution in [0, 0.1) is 5.82 Å². The lowest BCUT2D eigenvalue weighted by Gasteiger charge is -2.27. The Labute approximate surface area is 184 Å². The molecule has 0 saturated carbocycles. The quantitative estimate of drug-likeness (QED) is 0.645. The Morgan fingerprint density at radius 3 is 2.88 bits per heavy atom. The van der Waals surface area contributed by atoms with Crippen LogP contribution in [0.4, 0.5) is 26.6 Å². The molecule has 2 aliphatic rings. The number of ether oxygens (including phenoxy) is 1. The summed E-state index contributed by atoms with van der Waals surface area (Å²) in [6, 6.07) is 8.56. The summed E-state index contributed by atoms with van der Waals surface area (Å²) >= 11 is 0. The molecule has 0 spiro atoms. The molecule has 2 N–H and O–H groups in total. The fraction of sp³-hybridized carbons (Fsp3) is 0.304. The molecule has 0 atom stereocenters. The Hall–Kier alpha value is -3.75. The lowest BCUT2D eigenvalue weighted by atomic mass is 9.86. The third-order valence-corrected chi connectivity index (χ3v) is 5.68. The van der Waals surface area contributed by atoms with Crippen molar-refractivity contribution in [1.29, 1.82) is 0 Å². The van der Waals surface area contributed by atoms with Crippen LogP contribution in [-0.4, -0.2) is 40.7 Å². The summed E-state index contributed by atoms with van der Waals surface area (Å²) in [5.74, 6) is 0.806. The first kappa shape index (κ1) is 20.2. The third-order valence-electron chi connectivity index (χ3n) is 5.68. The average Bonchev–Trinajstić information content (AvgIpc) is 3.10. The fourth-order valence-corrected chi connectivity index (χ4v) is 3.91. The molecule has 2 aliphatic heterocycles. The van der Waals surface area contributed by atoms with E-state index in [0.29, 0.717) is 48.5 Å². The molecule has 1 fully saturated rings. The number of carbonyl (C=O) groups excluding carboxylic acids is 1. The van der Waals surface area contributed by atoms with Crippen LogP contribution in [0.15, 0.2) is 42.7 Å². The van der Waals surface area contributed by atoms with Gasteiger partial charge in [-0.25, -0.2) is 24.1 Å². The molecule has 2 amide bonds. The first-order chi connectivity index (χ1) is 15.4. The maximum Gasteiger partial charge on any atom is 0.321 e. The molecule has 1 saturated heterocycles. The highest BCUT2D eigenvalue weighted by Gasteiger charge is 2.34. The van der Waals surface area contributed by atoms with Crippen molar-refractivity contribution in [2.45, 2.75) is 25.7 Å². The van der Waals surface area contributed by atoms with Gasteiger partial charge in [0.2, 0.25) is 5.95 Å². The number of benzene rings is 1. The number of rotatable bonds is 4. The number of hydrogen-bond acceptors (Lipinski definition) is 6. The van der Waals surface area contributed by atoms with Gasteiger partial charge >= 0.3 is 6.03 Å². The molecule has 4 heterocycles. The van der Waals surface area contributed by atoms with Crippen LogP contribution in [0.5, 0.6) is 5.75 Å². The van der Waals surface area contributed by atoms with E-state index in [1.165, 1.54) is 6.07 Å². The van der Waals surface area contributed by atoms with E-state index in [1.807, 2.05) is 26.0 Å². The summed E-state index contributed by atoms with van der Waals surface area (Å²) in [5.41, 5.74) is 2.54. The molecule has 164 valence electrons. The van der Waals surface area contributed by atoms with Gasteiger partial charge in [-0.1, -0.05) is 13.8 Å². The topological polar surface area (TPSA) is 92.3 Å². The zero-order chi connectivity index (χ0) is 22.3. The van der Waals surface area contributed by atoms with Gasteiger partial charge in [-0.2, -0.15) is 0 Å². The fourth-order valence-electron chi connectivity index (χ4n) is 3.91. The van der Waals surface area contributed by atoms with Crippen LogP contribution in [-0.2, 0) is 5.41 Å². The number of nitrogens with one attached hydrogen (secondary N) is 2. The number of amides is 2. The summed E-state index contributed by atoms with van der Waals surface area (Å²) in [7, 11) is 0. The van der Waals surface area contributed by atoms with Gasteiger partial charge in [0, 0.05) is 35.8 Å². The molecule has 9 heteroatoms. The second-order valence-electron chi connectivity index (χ2n) is 8.54. The second kappa shape index (κ2) is 7.74. The lowest BCUT2D eigenvalue weighted by molar-refractivity contribution is 0.243. The van der Waals surface area contributed by atoms with Crippen molar-refractivity contribution in [3.63, 3.8) is 0 Å². The van der Waals surface area contributed by atoms with Gasteiger partial charge in [-0.3, -0.25) is 4.90 Å². The SMILES string of the molecule is CC1(C)COc2c(F)cc(-c3ccnc(Nc4ccc(N5CCCNC5=O)cn4)n3)cc21. The van der Waals surface area contributed by atoms with Crippen molar-refractivity contribution in [2.24, 2.45) is 0 Å². The summed E-state index contributed by atoms with van der Waals surface area (Å²) in [4.78, 5) is 26.8. The largest absolute Gasteiger partial charge is 0.489 e. The van der Waals surface area contributed by atoms with E-state index < -0.39 is 5.82 Å². The molecule has 8 nitrogen and oxygen atoms in total. The van der Waals surface area contributed by atoms with Crippen molar-refractivity contribution in [2.75, 3.05) is 29.9 Å². The number of anilines is 3. The van der Waals surface area contributed by atoms with Crippen molar-refractivity contribution in [3.05, 3.63) is 54.1 Å². The van der Waals surface area contributed by atoms with Gasteiger partial charge in [-0.15, -0.1) is 0 Å². The number of nitrogens with zero attached hydrogens (tertiary/aromatic N) is 4. The number of carbonyl (C=O) groups is 1. The van der Waals surface area contributed by atoms with E-state index in [0.717, 1.165) is 17.7 Å². The van der Waals surface area contributed by atoms with Crippen LogP contribution in [0.2, 0.25) is 0 Å². The Morgan fingerprint density at radius 1 is 1.22 bits per heavy atom. The normalized spacial score (nSPS) is 16.8. The predicted molar refractivity (Wildman–Crippen MR) is 119 cm³/mol.